The van der Waals surface area contributed by atoms with Crippen LogP contribution in [0.2, 0.25) is 0 Å². The summed E-state index contributed by atoms with van der Waals surface area (Å²) in [7, 11) is 0. The topological polar surface area (TPSA) is 58.4 Å². The minimum atomic E-state index is -4.37. The third kappa shape index (κ3) is 3.55. The fourth-order valence-corrected chi connectivity index (χ4v) is 1.87. The summed E-state index contributed by atoms with van der Waals surface area (Å²) in [6.07, 6.45) is -3.62. The number of nitrogens with zero attached hydrogens (tertiary/aromatic N) is 1. The van der Waals surface area contributed by atoms with Crippen LogP contribution in [-0.2, 0) is 0 Å². The van der Waals surface area contributed by atoms with Gasteiger partial charge < -0.3 is 16.0 Å². The maximum absolute atomic E-state index is 11.9. The molecule has 3 N–H and O–H groups in total. The predicted octanol–water partition coefficient (Wildman–Crippen LogP) is 0.927. The van der Waals surface area contributed by atoms with Crippen LogP contribution in [0.4, 0.5) is 18.0 Å². The van der Waals surface area contributed by atoms with Gasteiger partial charge in [0, 0.05) is 12.6 Å². The number of urea groups is 1. The van der Waals surface area contributed by atoms with Crippen molar-refractivity contribution in [3.05, 3.63) is 0 Å². The molecule has 0 aromatic carbocycles. The number of amides is 2. The third-order valence-electron chi connectivity index (χ3n) is 2.70. The molecule has 1 rings (SSSR count). The summed E-state index contributed by atoms with van der Waals surface area (Å²) in [5.41, 5.74) is 5.46. The molecule has 0 spiro atoms. The number of likely N-dealkylation sites (tertiary alicyclic amines) is 1. The minimum absolute atomic E-state index is 0.0539. The lowest BCUT2D eigenvalue weighted by Gasteiger charge is -2.22. The van der Waals surface area contributed by atoms with E-state index < -0.39 is 18.8 Å². The minimum Gasteiger partial charge on any atom is -0.330 e. The number of carbonyl (C=O) groups is 1. The summed E-state index contributed by atoms with van der Waals surface area (Å²) in [4.78, 5) is 12.8. The summed E-state index contributed by atoms with van der Waals surface area (Å²) < 4.78 is 35.7. The lowest BCUT2D eigenvalue weighted by atomic mass is 10.1. The molecule has 1 aliphatic rings. The molecule has 7 heteroatoms. The Hall–Kier alpha value is -0.980. The molecule has 0 aliphatic carbocycles. The molecular formula is C9H16F3N3O. The molecule has 0 bridgehead atoms. The zero-order chi connectivity index (χ0) is 12.3. The van der Waals surface area contributed by atoms with Crippen LogP contribution in [0.25, 0.3) is 0 Å². The van der Waals surface area contributed by atoms with Gasteiger partial charge in [0.2, 0.25) is 0 Å². The van der Waals surface area contributed by atoms with Crippen molar-refractivity contribution in [1.29, 1.82) is 0 Å². The zero-order valence-electron chi connectivity index (χ0n) is 9.05. The predicted molar refractivity (Wildman–Crippen MR) is 52.8 cm³/mol. The van der Waals surface area contributed by atoms with E-state index in [1.165, 1.54) is 4.90 Å². The molecule has 0 saturated carbocycles. The van der Waals surface area contributed by atoms with Crippen molar-refractivity contribution in [1.82, 2.24) is 10.2 Å². The first kappa shape index (κ1) is 13.1. The van der Waals surface area contributed by atoms with E-state index in [0.717, 1.165) is 6.42 Å². The van der Waals surface area contributed by atoms with Gasteiger partial charge in [-0.1, -0.05) is 0 Å². The van der Waals surface area contributed by atoms with Crippen LogP contribution >= 0.6 is 0 Å². The maximum atomic E-state index is 11.9. The van der Waals surface area contributed by atoms with Crippen molar-refractivity contribution in [2.24, 2.45) is 11.7 Å². The van der Waals surface area contributed by atoms with Crippen LogP contribution in [0.3, 0.4) is 0 Å². The Morgan fingerprint density at radius 1 is 1.56 bits per heavy atom. The molecule has 1 saturated heterocycles. The van der Waals surface area contributed by atoms with Gasteiger partial charge in [0.05, 0.1) is 0 Å². The number of halogens is 3. The molecule has 1 heterocycles. The summed E-state index contributed by atoms with van der Waals surface area (Å²) in [6, 6.07) is -0.720. The molecular weight excluding hydrogens is 223 g/mol. The molecule has 2 atom stereocenters. The standard InChI is InChI=1S/C9H16F3N3O/c1-6-2-7(3-13)4-15(6)8(16)14-5-9(10,11)12/h6-7H,2-5,13H2,1H3,(H,14,16). The largest absolute Gasteiger partial charge is 0.405 e. The molecule has 0 aromatic rings. The van der Waals surface area contributed by atoms with Crippen molar-refractivity contribution < 1.29 is 18.0 Å². The second kappa shape index (κ2) is 4.90. The molecule has 1 fully saturated rings. The fourth-order valence-electron chi connectivity index (χ4n) is 1.87. The highest BCUT2D eigenvalue weighted by atomic mass is 19.4. The number of rotatable bonds is 2. The van der Waals surface area contributed by atoms with Crippen LogP contribution in [0.1, 0.15) is 13.3 Å². The highest BCUT2D eigenvalue weighted by molar-refractivity contribution is 5.74. The van der Waals surface area contributed by atoms with Crippen LogP contribution in [0, 0.1) is 5.92 Å². The average molecular weight is 239 g/mol. The van der Waals surface area contributed by atoms with E-state index in [0.29, 0.717) is 13.1 Å². The molecule has 1 aliphatic heterocycles. The van der Waals surface area contributed by atoms with Gasteiger partial charge in [0.25, 0.3) is 0 Å². The number of carbonyl (C=O) groups excluding carboxylic acids is 1. The van der Waals surface area contributed by atoms with Gasteiger partial charge in [-0.05, 0) is 25.8 Å². The Bertz CT molecular complexity index is 257. The van der Waals surface area contributed by atoms with E-state index in [1.807, 2.05) is 12.2 Å². The van der Waals surface area contributed by atoms with Crippen LogP contribution in [-0.4, -0.2) is 42.8 Å². The van der Waals surface area contributed by atoms with E-state index in [9.17, 15) is 18.0 Å². The molecule has 94 valence electrons. The molecule has 0 radical (unpaired) electrons. The van der Waals surface area contributed by atoms with E-state index in [-0.39, 0.29) is 12.0 Å². The Morgan fingerprint density at radius 2 is 2.19 bits per heavy atom. The SMILES string of the molecule is CC1CC(CN)CN1C(=O)NCC(F)(F)F. The summed E-state index contributed by atoms with van der Waals surface area (Å²) in [5, 5.41) is 1.86. The fraction of sp³-hybridized carbons (Fsp3) is 0.889. The van der Waals surface area contributed by atoms with Crippen molar-refractivity contribution >= 4 is 6.03 Å². The Morgan fingerprint density at radius 3 is 2.62 bits per heavy atom. The number of hydrogen-bond donors (Lipinski definition) is 2. The zero-order valence-corrected chi connectivity index (χ0v) is 9.05. The monoisotopic (exact) mass is 239 g/mol. The first-order chi connectivity index (χ1) is 7.33. The van der Waals surface area contributed by atoms with Gasteiger partial charge in [0.15, 0.2) is 0 Å². The van der Waals surface area contributed by atoms with Gasteiger partial charge in [0.1, 0.15) is 6.54 Å². The molecule has 0 aromatic heterocycles. The van der Waals surface area contributed by atoms with Crippen molar-refractivity contribution in [3.63, 3.8) is 0 Å². The molecule has 4 nitrogen and oxygen atoms in total. The van der Waals surface area contributed by atoms with Gasteiger partial charge in [-0.25, -0.2) is 4.79 Å². The first-order valence-corrected chi connectivity index (χ1v) is 5.14. The number of alkyl halides is 3. The quantitative estimate of drug-likeness (QED) is 0.753. The number of nitrogens with two attached hydrogens (primary N) is 1. The Labute approximate surface area is 92.0 Å². The normalized spacial score (nSPS) is 25.9. The smallest absolute Gasteiger partial charge is 0.330 e. The third-order valence-corrected chi connectivity index (χ3v) is 2.70. The summed E-state index contributed by atoms with van der Waals surface area (Å²) in [5.74, 6) is 0.187. The van der Waals surface area contributed by atoms with Gasteiger partial charge >= 0.3 is 12.2 Å². The molecule has 2 amide bonds. The van der Waals surface area contributed by atoms with Crippen LogP contribution in [0.15, 0.2) is 0 Å². The van der Waals surface area contributed by atoms with Crippen LogP contribution < -0.4 is 11.1 Å². The van der Waals surface area contributed by atoms with Crippen molar-refractivity contribution in [2.75, 3.05) is 19.6 Å². The van der Waals surface area contributed by atoms with Gasteiger partial charge in [-0.15, -0.1) is 0 Å². The van der Waals surface area contributed by atoms with Crippen molar-refractivity contribution in [2.45, 2.75) is 25.6 Å². The number of hydrogen-bond acceptors (Lipinski definition) is 2. The lowest BCUT2D eigenvalue weighted by Crippen LogP contribution is -2.45. The summed E-state index contributed by atoms with van der Waals surface area (Å²) >= 11 is 0. The lowest BCUT2D eigenvalue weighted by molar-refractivity contribution is -0.123. The highest BCUT2D eigenvalue weighted by Crippen LogP contribution is 2.22. The highest BCUT2D eigenvalue weighted by Gasteiger charge is 2.34. The first-order valence-electron chi connectivity index (χ1n) is 5.14. The van der Waals surface area contributed by atoms with E-state index in [2.05, 4.69) is 0 Å². The maximum Gasteiger partial charge on any atom is 0.405 e. The van der Waals surface area contributed by atoms with Gasteiger partial charge in [-0.2, -0.15) is 13.2 Å². The number of nitrogens with one attached hydrogen (secondary N) is 1. The second-order valence-corrected chi connectivity index (χ2v) is 4.11. The molecule has 2 unspecified atom stereocenters. The molecule has 16 heavy (non-hydrogen) atoms. The van der Waals surface area contributed by atoms with E-state index >= 15 is 0 Å². The van der Waals surface area contributed by atoms with E-state index in [1.54, 1.807) is 0 Å². The average Bonchev–Trinajstić information content (AvgIpc) is 2.55. The van der Waals surface area contributed by atoms with Crippen LogP contribution in [0.5, 0.6) is 0 Å². The van der Waals surface area contributed by atoms with Gasteiger partial charge in [-0.3, -0.25) is 0 Å². The summed E-state index contributed by atoms with van der Waals surface area (Å²) in [6.45, 7) is 1.40. The Kier molecular flexibility index (Phi) is 4.01. The van der Waals surface area contributed by atoms with E-state index in [4.69, 9.17) is 5.73 Å². The second-order valence-electron chi connectivity index (χ2n) is 4.11. The van der Waals surface area contributed by atoms with Crippen molar-refractivity contribution in [3.8, 4) is 0 Å². The Balaban J connectivity index is 2.43.